The summed E-state index contributed by atoms with van der Waals surface area (Å²) in [6, 6.07) is 60.3. The fourth-order valence-corrected chi connectivity index (χ4v) is 12.3. The summed E-state index contributed by atoms with van der Waals surface area (Å²) >= 11 is 3.71. The first-order valence-corrected chi connectivity index (χ1v) is 22.8. The van der Waals surface area contributed by atoms with E-state index >= 15 is 0 Å². The Hall–Kier alpha value is -5.93. The summed E-state index contributed by atoms with van der Waals surface area (Å²) in [6.45, 7) is 7.85. The molecule has 60 heavy (non-hydrogen) atoms. The van der Waals surface area contributed by atoms with E-state index in [1.54, 1.807) is 0 Å². The molecule has 0 heterocycles. The minimum atomic E-state index is -2.92. The molecule has 0 radical (unpaired) electrons. The molecule has 0 aliphatic carbocycles. The van der Waals surface area contributed by atoms with Gasteiger partial charge in [0.25, 0.3) is 8.32 Å². The van der Waals surface area contributed by atoms with Crippen molar-refractivity contribution in [1.82, 2.24) is 0 Å². The van der Waals surface area contributed by atoms with Crippen molar-refractivity contribution < 1.29 is 28.2 Å². The van der Waals surface area contributed by atoms with E-state index in [4.69, 9.17) is 23.4 Å². The largest absolute Gasteiger partial charge is 0.488 e. The molecule has 6 nitrogen and oxygen atoms in total. The molecule has 0 unspecified atom stereocenters. The van der Waals surface area contributed by atoms with Gasteiger partial charge < -0.3 is 23.4 Å². The zero-order valence-corrected chi connectivity index (χ0v) is 36.8. The number of ether oxygens (including phenoxy) is 4. The first-order valence-electron chi connectivity index (χ1n) is 20.1. The molecule has 8 heteroatoms. The maximum Gasteiger partial charge on any atom is 0.346 e. The highest BCUT2D eigenvalue weighted by atomic mass is 79.9. The third-order valence-electron chi connectivity index (χ3n) is 10.3. The summed E-state index contributed by atoms with van der Waals surface area (Å²) in [5.74, 6) is 0.753. The average molecular weight is 878 g/mol. The van der Waals surface area contributed by atoms with Crippen LogP contribution in [0.4, 0.5) is 0 Å². The van der Waals surface area contributed by atoms with Gasteiger partial charge >= 0.3 is 5.97 Å². The molecular weight excluding hydrogens is 829 g/mol. The van der Waals surface area contributed by atoms with Crippen molar-refractivity contribution in [3.63, 3.8) is 0 Å². The minimum Gasteiger partial charge on any atom is -0.488 e. The Balaban J connectivity index is 1.24. The van der Waals surface area contributed by atoms with Crippen molar-refractivity contribution in [3.8, 4) is 17.2 Å². The van der Waals surface area contributed by atoms with Gasteiger partial charge in [0.2, 0.25) is 0 Å². The molecule has 7 rings (SSSR count). The van der Waals surface area contributed by atoms with Crippen LogP contribution in [0, 0.1) is 0 Å². The summed E-state index contributed by atoms with van der Waals surface area (Å²) in [6.07, 6.45) is 0. The molecule has 0 amide bonds. The minimum absolute atomic E-state index is 0.0169. The predicted octanol–water partition coefficient (Wildman–Crippen LogP) is 11.6. The summed E-state index contributed by atoms with van der Waals surface area (Å²) in [7, 11) is -2.92. The number of rotatable bonds is 17. The topological polar surface area (TPSA) is 63.2 Å². The van der Waals surface area contributed by atoms with Gasteiger partial charge in [-0.25, -0.2) is 4.79 Å². The van der Waals surface area contributed by atoms with Crippen molar-refractivity contribution in [3.05, 3.63) is 220 Å². The van der Waals surface area contributed by atoms with Crippen molar-refractivity contribution in [2.24, 2.45) is 0 Å². The Kier molecular flexibility index (Phi) is 14.0. The first-order chi connectivity index (χ1) is 29.2. The van der Waals surface area contributed by atoms with Gasteiger partial charge in [0, 0.05) is 5.56 Å². The first kappa shape index (κ1) is 42.2. The molecular formula is C52H49BrO6Si. The van der Waals surface area contributed by atoms with Crippen molar-refractivity contribution in [2.75, 3.05) is 0 Å². The highest BCUT2D eigenvalue weighted by Crippen LogP contribution is 2.39. The Morgan fingerprint density at radius 3 is 1.33 bits per heavy atom. The lowest BCUT2D eigenvalue weighted by molar-refractivity contribution is 0.0460. The molecule has 0 aliphatic heterocycles. The van der Waals surface area contributed by atoms with Gasteiger partial charge in [-0.05, 0) is 71.8 Å². The Labute approximate surface area is 363 Å². The van der Waals surface area contributed by atoms with E-state index in [1.807, 2.05) is 133 Å². The Morgan fingerprint density at radius 1 is 0.483 bits per heavy atom. The van der Waals surface area contributed by atoms with Gasteiger partial charge in [-0.1, -0.05) is 185 Å². The molecule has 0 aromatic heterocycles. The van der Waals surface area contributed by atoms with Gasteiger partial charge in [0.15, 0.2) is 0 Å². The number of halogens is 1. The second-order valence-corrected chi connectivity index (χ2v) is 20.6. The zero-order valence-electron chi connectivity index (χ0n) is 34.2. The van der Waals surface area contributed by atoms with Crippen LogP contribution in [0.15, 0.2) is 186 Å². The third kappa shape index (κ3) is 10.3. The van der Waals surface area contributed by atoms with Crippen LogP contribution in [0.5, 0.6) is 17.2 Å². The Bertz CT molecular complexity index is 2340. The summed E-state index contributed by atoms with van der Waals surface area (Å²) in [5.41, 5.74) is 4.71. The van der Waals surface area contributed by atoms with Crippen LogP contribution >= 0.6 is 15.9 Å². The molecule has 0 N–H and O–H groups in total. The van der Waals surface area contributed by atoms with Gasteiger partial charge in [-0.15, -0.1) is 0 Å². The summed E-state index contributed by atoms with van der Waals surface area (Å²) in [4.78, 5) is 14.5. The molecule has 0 spiro atoms. The Morgan fingerprint density at radius 2 is 0.900 bits per heavy atom. The number of esters is 1. The monoisotopic (exact) mass is 876 g/mol. The zero-order chi connectivity index (χ0) is 41.8. The molecule has 0 atom stereocenters. The van der Waals surface area contributed by atoms with Gasteiger partial charge in [-0.2, -0.15) is 0 Å². The van der Waals surface area contributed by atoms with E-state index in [-0.39, 0.29) is 37.0 Å². The molecule has 0 saturated carbocycles. The highest BCUT2D eigenvalue weighted by Gasteiger charge is 2.50. The lowest BCUT2D eigenvalue weighted by atomic mass is 10.1. The standard InChI is InChI=1S/C52H49BrO6Si/c1-52(2,3)60(44-27-15-7-16-28-44,45-29-17-8-18-30-45)59-37-42-32-47(56-35-40-22-11-5-12-23-40)49(48(33-42)57-36-41-24-13-6-14-25-41)51(54)58-38-43-26-19-31-46(50(43)53)55-34-39-20-9-4-10-21-39/h4-33H,34-38H2,1-3H3. The molecule has 0 saturated heterocycles. The fraction of sp³-hybridized carbons (Fsp3) is 0.173. The second-order valence-electron chi connectivity index (χ2n) is 15.5. The number of carbonyl (C=O) groups excluding carboxylic acids is 1. The third-order valence-corrected chi connectivity index (χ3v) is 16.2. The van der Waals surface area contributed by atoms with E-state index in [2.05, 4.69) is 85.2 Å². The number of benzene rings is 7. The van der Waals surface area contributed by atoms with Gasteiger partial charge in [0.1, 0.15) is 49.2 Å². The van der Waals surface area contributed by atoms with Crippen LogP contribution in [-0.4, -0.2) is 14.3 Å². The SMILES string of the molecule is CC(C)(C)[Si](OCc1cc(OCc2ccccc2)c(C(=O)OCc2cccc(OCc3ccccc3)c2Br)c(OCc2ccccc2)c1)(c1ccccc1)c1ccccc1. The predicted molar refractivity (Wildman–Crippen MR) is 244 cm³/mol. The lowest BCUT2D eigenvalue weighted by Crippen LogP contribution is -2.66. The van der Waals surface area contributed by atoms with Crippen molar-refractivity contribution in [1.29, 1.82) is 0 Å². The maximum atomic E-state index is 14.5. The van der Waals surface area contributed by atoms with Gasteiger partial charge in [0.05, 0.1) is 11.1 Å². The fourth-order valence-electron chi connectivity index (χ4n) is 7.31. The van der Waals surface area contributed by atoms with E-state index < -0.39 is 14.3 Å². The number of hydrogen-bond donors (Lipinski definition) is 0. The summed E-state index contributed by atoms with van der Waals surface area (Å²) in [5, 5.41) is 2.10. The highest BCUT2D eigenvalue weighted by molar-refractivity contribution is 9.10. The van der Waals surface area contributed by atoms with Crippen LogP contribution in [0.1, 0.15) is 58.9 Å². The number of hydrogen-bond acceptors (Lipinski definition) is 6. The van der Waals surface area contributed by atoms with Crippen LogP contribution in [0.2, 0.25) is 5.04 Å². The molecule has 7 aromatic rings. The van der Waals surface area contributed by atoms with Crippen LogP contribution in [-0.2, 0) is 42.2 Å². The second kappa shape index (κ2) is 19.9. The van der Waals surface area contributed by atoms with E-state index in [9.17, 15) is 4.79 Å². The molecule has 7 aromatic carbocycles. The van der Waals surface area contributed by atoms with E-state index in [0.29, 0.717) is 28.3 Å². The molecule has 0 fully saturated rings. The van der Waals surface area contributed by atoms with E-state index in [0.717, 1.165) is 27.8 Å². The smallest absolute Gasteiger partial charge is 0.346 e. The molecule has 304 valence electrons. The van der Waals surface area contributed by atoms with Crippen LogP contribution in [0.3, 0.4) is 0 Å². The average Bonchev–Trinajstić information content (AvgIpc) is 3.28. The molecule has 0 aliphatic rings. The quantitative estimate of drug-likeness (QED) is 0.0671. The van der Waals surface area contributed by atoms with Crippen molar-refractivity contribution in [2.45, 2.75) is 58.8 Å². The summed E-state index contributed by atoms with van der Waals surface area (Å²) < 4.78 is 33.4. The molecule has 0 bridgehead atoms. The lowest BCUT2D eigenvalue weighted by Gasteiger charge is -2.43. The normalized spacial score (nSPS) is 11.5. The van der Waals surface area contributed by atoms with Crippen LogP contribution < -0.4 is 24.6 Å². The number of carbonyl (C=O) groups is 1. The van der Waals surface area contributed by atoms with Crippen LogP contribution in [0.25, 0.3) is 0 Å². The van der Waals surface area contributed by atoms with Crippen molar-refractivity contribution >= 4 is 40.6 Å². The maximum absolute atomic E-state index is 14.5. The van der Waals surface area contributed by atoms with Gasteiger partial charge in [-0.3, -0.25) is 0 Å². The van der Waals surface area contributed by atoms with E-state index in [1.165, 1.54) is 10.4 Å².